The number of amides is 1. The number of ether oxygens (including phenoxy) is 1. The van der Waals surface area contributed by atoms with Gasteiger partial charge < -0.3 is 15.4 Å². The zero-order valence-corrected chi connectivity index (χ0v) is 17.3. The van der Waals surface area contributed by atoms with E-state index >= 15 is 0 Å². The molecule has 0 radical (unpaired) electrons. The van der Waals surface area contributed by atoms with E-state index < -0.39 is 0 Å². The number of thiazole rings is 1. The molecule has 1 amide bonds. The summed E-state index contributed by atoms with van der Waals surface area (Å²) in [4.78, 5) is 17.2. The molecule has 2 aromatic carbocycles. The Morgan fingerprint density at radius 1 is 1.07 bits per heavy atom. The summed E-state index contributed by atoms with van der Waals surface area (Å²) in [5.41, 5.74) is 3.67. The van der Waals surface area contributed by atoms with Gasteiger partial charge >= 0.3 is 0 Å². The molecule has 3 aromatic rings. The molecular formula is C23H25N3O2S. The summed E-state index contributed by atoms with van der Waals surface area (Å²) in [5, 5.41) is 9.25. The SMILES string of the molecule is COc1ccc(Nc2nc(-c3cccc(NC(=O)C4CCCCC4)c3)cs2)cc1. The van der Waals surface area contributed by atoms with Crippen LogP contribution < -0.4 is 15.4 Å². The van der Waals surface area contributed by atoms with Crippen LogP contribution in [0.5, 0.6) is 5.75 Å². The van der Waals surface area contributed by atoms with Gasteiger partial charge in [0.15, 0.2) is 5.13 Å². The Bertz CT molecular complexity index is 962. The van der Waals surface area contributed by atoms with Crippen molar-refractivity contribution in [3.63, 3.8) is 0 Å². The third kappa shape index (κ3) is 4.95. The molecule has 1 saturated carbocycles. The Morgan fingerprint density at radius 2 is 1.86 bits per heavy atom. The fourth-order valence-electron chi connectivity index (χ4n) is 3.63. The van der Waals surface area contributed by atoms with Crippen LogP contribution in [0.15, 0.2) is 53.9 Å². The number of aromatic nitrogens is 1. The second kappa shape index (κ2) is 9.09. The smallest absolute Gasteiger partial charge is 0.227 e. The van der Waals surface area contributed by atoms with Gasteiger partial charge in [-0.05, 0) is 49.2 Å². The zero-order chi connectivity index (χ0) is 20.1. The highest BCUT2D eigenvalue weighted by atomic mass is 32.1. The summed E-state index contributed by atoms with van der Waals surface area (Å²) in [6.07, 6.45) is 5.55. The van der Waals surface area contributed by atoms with Gasteiger partial charge in [0.2, 0.25) is 5.91 Å². The summed E-state index contributed by atoms with van der Waals surface area (Å²) in [6, 6.07) is 15.7. The maximum Gasteiger partial charge on any atom is 0.227 e. The highest BCUT2D eigenvalue weighted by Gasteiger charge is 2.21. The highest BCUT2D eigenvalue weighted by Crippen LogP contribution is 2.30. The minimum atomic E-state index is 0.141. The number of nitrogens with one attached hydrogen (secondary N) is 2. The Morgan fingerprint density at radius 3 is 2.62 bits per heavy atom. The van der Waals surface area contributed by atoms with Crippen LogP contribution in [0.3, 0.4) is 0 Å². The number of hydrogen-bond donors (Lipinski definition) is 2. The molecule has 1 heterocycles. The van der Waals surface area contributed by atoms with Crippen LogP contribution in [0.25, 0.3) is 11.3 Å². The molecule has 0 aliphatic heterocycles. The van der Waals surface area contributed by atoms with Gasteiger partial charge in [0, 0.05) is 28.2 Å². The van der Waals surface area contributed by atoms with E-state index in [0.717, 1.165) is 59.2 Å². The summed E-state index contributed by atoms with van der Waals surface area (Å²) in [6.45, 7) is 0. The van der Waals surface area contributed by atoms with Crippen molar-refractivity contribution < 1.29 is 9.53 Å². The molecule has 1 fully saturated rings. The largest absolute Gasteiger partial charge is 0.497 e. The number of anilines is 3. The first-order valence-electron chi connectivity index (χ1n) is 9.99. The number of methoxy groups -OCH3 is 1. The van der Waals surface area contributed by atoms with E-state index in [1.54, 1.807) is 18.4 Å². The number of rotatable bonds is 6. The predicted octanol–water partition coefficient (Wildman–Crippen LogP) is 6.08. The summed E-state index contributed by atoms with van der Waals surface area (Å²) in [5.74, 6) is 1.11. The van der Waals surface area contributed by atoms with E-state index in [0.29, 0.717) is 0 Å². The molecule has 150 valence electrons. The van der Waals surface area contributed by atoms with Crippen LogP contribution in [-0.2, 0) is 4.79 Å². The molecule has 6 heteroatoms. The Hall–Kier alpha value is -2.86. The lowest BCUT2D eigenvalue weighted by Crippen LogP contribution is -2.24. The zero-order valence-electron chi connectivity index (χ0n) is 16.5. The van der Waals surface area contributed by atoms with E-state index in [1.165, 1.54) is 6.42 Å². The van der Waals surface area contributed by atoms with E-state index in [2.05, 4.69) is 10.6 Å². The summed E-state index contributed by atoms with van der Waals surface area (Å²) < 4.78 is 5.19. The molecule has 0 unspecified atom stereocenters. The van der Waals surface area contributed by atoms with Crippen molar-refractivity contribution >= 4 is 33.8 Å². The van der Waals surface area contributed by atoms with Crippen molar-refractivity contribution in [3.8, 4) is 17.0 Å². The van der Waals surface area contributed by atoms with Gasteiger partial charge in [-0.3, -0.25) is 4.79 Å². The minimum absolute atomic E-state index is 0.141. The molecule has 1 aromatic heterocycles. The molecular weight excluding hydrogens is 382 g/mol. The van der Waals surface area contributed by atoms with Crippen LogP contribution in [-0.4, -0.2) is 18.0 Å². The van der Waals surface area contributed by atoms with Gasteiger partial charge in [0.05, 0.1) is 12.8 Å². The molecule has 5 nitrogen and oxygen atoms in total. The maximum absolute atomic E-state index is 12.5. The first-order valence-corrected chi connectivity index (χ1v) is 10.9. The van der Waals surface area contributed by atoms with Crippen LogP contribution in [0.1, 0.15) is 32.1 Å². The van der Waals surface area contributed by atoms with Gasteiger partial charge in [-0.15, -0.1) is 11.3 Å². The summed E-state index contributed by atoms with van der Waals surface area (Å²) >= 11 is 1.55. The number of benzene rings is 2. The van der Waals surface area contributed by atoms with Crippen molar-refractivity contribution in [3.05, 3.63) is 53.9 Å². The van der Waals surface area contributed by atoms with E-state index in [4.69, 9.17) is 9.72 Å². The van der Waals surface area contributed by atoms with Crippen LogP contribution in [0.2, 0.25) is 0 Å². The third-order valence-corrected chi connectivity index (χ3v) is 6.01. The monoisotopic (exact) mass is 407 g/mol. The molecule has 0 spiro atoms. The van der Waals surface area contributed by atoms with Crippen molar-refractivity contribution in [1.29, 1.82) is 0 Å². The van der Waals surface area contributed by atoms with Crippen LogP contribution >= 0.6 is 11.3 Å². The number of nitrogens with zero attached hydrogens (tertiary/aromatic N) is 1. The predicted molar refractivity (Wildman–Crippen MR) is 119 cm³/mol. The quantitative estimate of drug-likeness (QED) is 0.520. The van der Waals surface area contributed by atoms with Gasteiger partial charge in [-0.25, -0.2) is 4.98 Å². The average Bonchev–Trinajstić information content (AvgIpc) is 3.24. The third-order valence-electron chi connectivity index (χ3n) is 5.25. The maximum atomic E-state index is 12.5. The van der Waals surface area contributed by atoms with Crippen LogP contribution in [0, 0.1) is 5.92 Å². The molecule has 1 aliphatic carbocycles. The molecule has 29 heavy (non-hydrogen) atoms. The second-order valence-electron chi connectivity index (χ2n) is 7.30. The Kier molecular flexibility index (Phi) is 6.10. The topological polar surface area (TPSA) is 63.2 Å². The molecule has 0 saturated heterocycles. The van der Waals surface area contributed by atoms with E-state index in [9.17, 15) is 4.79 Å². The second-order valence-corrected chi connectivity index (χ2v) is 8.15. The Balaban J connectivity index is 1.43. The first-order chi connectivity index (χ1) is 14.2. The molecule has 4 rings (SSSR count). The Labute approximate surface area is 175 Å². The van der Waals surface area contributed by atoms with Crippen molar-refractivity contribution in [1.82, 2.24) is 4.98 Å². The van der Waals surface area contributed by atoms with Crippen molar-refractivity contribution in [2.45, 2.75) is 32.1 Å². The first kappa shape index (κ1) is 19.5. The van der Waals surface area contributed by atoms with Crippen LogP contribution in [0.4, 0.5) is 16.5 Å². The van der Waals surface area contributed by atoms with Gasteiger partial charge in [-0.1, -0.05) is 31.4 Å². The fraction of sp³-hybridized carbons (Fsp3) is 0.304. The standard InChI is InChI=1S/C23H25N3O2S/c1-28-20-12-10-18(11-13-20)25-23-26-21(15-29-23)17-8-5-9-19(14-17)24-22(27)16-6-3-2-4-7-16/h5,8-16H,2-4,6-7H2,1H3,(H,24,27)(H,25,26). The minimum Gasteiger partial charge on any atom is -0.497 e. The van der Waals surface area contributed by atoms with Crippen molar-refractivity contribution in [2.24, 2.45) is 5.92 Å². The highest BCUT2D eigenvalue weighted by molar-refractivity contribution is 7.14. The molecule has 0 atom stereocenters. The summed E-state index contributed by atoms with van der Waals surface area (Å²) in [7, 11) is 1.65. The lowest BCUT2D eigenvalue weighted by molar-refractivity contribution is -0.120. The average molecular weight is 408 g/mol. The lowest BCUT2D eigenvalue weighted by atomic mass is 9.88. The number of hydrogen-bond acceptors (Lipinski definition) is 5. The van der Waals surface area contributed by atoms with Gasteiger partial charge in [-0.2, -0.15) is 0 Å². The lowest BCUT2D eigenvalue weighted by Gasteiger charge is -2.20. The van der Waals surface area contributed by atoms with Gasteiger partial charge in [0.25, 0.3) is 0 Å². The van der Waals surface area contributed by atoms with E-state index in [1.807, 2.05) is 53.9 Å². The van der Waals surface area contributed by atoms with Crippen molar-refractivity contribution in [2.75, 3.05) is 17.7 Å². The molecule has 1 aliphatic rings. The fourth-order valence-corrected chi connectivity index (χ4v) is 4.37. The number of carbonyl (C=O) groups excluding carboxylic acids is 1. The number of carbonyl (C=O) groups is 1. The van der Waals surface area contributed by atoms with E-state index in [-0.39, 0.29) is 11.8 Å². The van der Waals surface area contributed by atoms with Gasteiger partial charge in [0.1, 0.15) is 5.75 Å². The molecule has 0 bridgehead atoms. The molecule has 2 N–H and O–H groups in total. The normalized spacial score (nSPS) is 14.4.